The Morgan fingerprint density at radius 1 is 1.47 bits per heavy atom. The molecular formula is C11H16N2O3S. The van der Waals surface area contributed by atoms with Crippen molar-refractivity contribution in [2.75, 3.05) is 6.54 Å². The Morgan fingerprint density at radius 2 is 2.18 bits per heavy atom. The third-order valence-corrected chi connectivity index (χ3v) is 3.21. The number of aryl methyl sites for hydroxylation is 1. The van der Waals surface area contributed by atoms with Gasteiger partial charge in [-0.1, -0.05) is 0 Å². The molecule has 1 aromatic heterocycles. The van der Waals surface area contributed by atoms with Crippen LogP contribution >= 0.6 is 11.3 Å². The molecule has 0 aliphatic rings. The smallest absolute Gasteiger partial charge is 0.327 e. The van der Waals surface area contributed by atoms with E-state index in [1.807, 2.05) is 17.7 Å². The summed E-state index contributed by atoms with van der Waals surface area (Å²) >= 11 is 1.62. The molecule has 17 heavy (non-hydrogen) atoms. The summed E-state index contributed by atoms with van der Waals surface area (Å²) in [5.74, 6) is -1.37. The lowest BCUT2D eigenvalue weighted by Gasteiger charge is -2.13. The highest BCUT2D eigenvalue weighted by Gasteiger charge is 2.17. The maximum atomic E-state index is 10.8. The number of carboxylic acids is 1. The van der Waals surface area contributed by atoms with Gasteiger partial charge in [0, 0.05) is 20.0 Å². The highest BCUT2D eigenvalue weighted by atomic mass is 32.1. The maximum absolute atomic E-state index is 10.8. The first-order chi connectivity index (χ1) is 8.00. The van der Waals surface area contributed by atoms with E-state index in [1.54, 1.807) is 11.3 Å². The van der Waals surface area contributed by atoms with E-state index in [2.05, 4.69) is 10.6 Å². The topological polar surface area (TPSA) is 78.4 Å². The molecule has 1 amide bonds. The van der Waals surface area contributed by atoms with Gasteiger partial charge < -0.3 is 15.7 Å². The van der Waals surface area contributed by atoms with Crippen LogP contribution in [0.4, 0.5) is 0 Å². The summed E-state index contributed by atoms with van der Waals surface area (Å²) in [4.78, 5) is 21.6. The van der Waals surface area contributed by atoms with Crippen LogP contribution in [0, 0.1) is 6.92 Å². The number of carboxylic acid groups (broad SMARTS) is 1. The highest BCUT2D eigenvalue weighted by Crippen LogP contribution is 2.12. The molecule has 1 rings (SSSR count). The number of rotatable bonds is 6. The lowest BCUT2D eigenvalue weighted by atomic mass is 10.2. The predicted octanol–water partition coefficient (Wildman–Crippen LogP) is 0.735. The third kappa shape index (κ3) is 4.54. The van der Waals surface area contributed by atoms with E-state index in [0.717, 1.165) is 5.56 Å². The summed E-state index contributed by atoms with van der Waals surface area (Å²) in [7, 11) is 0. The number of carbonyl (C=O) groups is 2. The molecule has 3 N–H and O–H groups in total. The molecule has 1 atom stereocenters. The minimum Gasteiger partial charge on any atom is -0.480 e. The molecule has 0 aliphatic carbocycles. The number of nitrogens with one attached hydrogen (secondary N) is 2. The van der Waals surface area contributed by atoms with Gasteiger partial charge in [0.15, 0.2) is 0 Å². The maximum Gasteiger partial charge on any atom is 0.327 e. The standard InChI is InChI=1S/C11H16N2O3S/c1-7-5-17-6-9(7)3-12-4-10(11(15)16)13-8(2)14/h5-6,10,12H,3-4H2,1-2H3,(H,13,14)(H,15,16). The van der Waals surface area contributed by atoms with Crippen LogP contribution in [0.5, 0.6) is 0 Å². The molecule has 0 saturated carbocycles. The molecule has 1 heterocycles. The zero-order valence-corrected chi connectivity index (χ0v) is 10.6. The largest absolute Gasteiger partial charge is 0.480 e. The van der Waals surface area contributed by atoms with Crippen LogP contribution < -0.4 is 10.6 Å². The zero-order chi connectivity index (χ0) is 12.8. The van der Waals surface area contributed by atoms with Crippen LogP contribution in [0.3, 0.4) is 0 Å². The number of carbonyl (C=O) groups excluding carboxylic acids is 1. The monoisotopic (exact) mass is 256 g/mol. The fraction of sp³-hybridized carbons (Fsp3) is 0.455. The van der Waals surface area contributed by atoms with Crippen molar-refractivity contribution in [3.63, 3.8) is 0 Å². The van der Waals surface area contributed by atoms with Gasteiger partial charge in [-0.3, -0.25) is 4.79 Å². The van der Waals surface area contributed by atoms with Crippen molar-refractivity contribution in [1.82, 2.24) is 10.6 Å². The van der Waals surface area contributed by atoms with E-state index >= 15 is 0 Å². The van der Waals surface area contributed by atoms with E-state index in [1.165, 1.54) is 12.5 Å². The van der Waals surface area contributed by atoms with Crippen molar-refractivity contribution in [2.24, 2.45) is 0 Å². The van der Waals surface area contributed by atoms with Crippen LogP contribution in [0.25, 0.3) is 0 Å². The first-order valence-corrected chi connectivity index (χ1v) is 6.17. The van der Waals surface area contributed by atoms with Crippen LogP contribution in [-0.4, -0.2) is 29.6 Å². The second-order valence-electron chi connectivity index (χ2n) is 3.80. The lowest BCUT2D eigenvalue weighted by molar-refractivity contribution is -0.141. The van der Waals surface area contributed by atoms with Gasteiger partial charge in [-0.05, 0) is 28.8 Å². The van der Waals surface area contributed by atoms with Crippen LogP contribution in [0.2, 0.25) is 0 Å². The molecule has 1 unspecified atom stereocenters. The molecule has 0 fully saturated rings. The molecular weight excluding hydrogens is 240 g/mol. The molecule has 94 valence electrons. The third-order valence-electron chi connectivity index (χ3n) is 2.30. The van der Waals surface area contributed by atoms with Crippen LogP contribution in [-0.2, 0) is 16.1 Å². The van der Waals surface area contributed by atoms with Crippen molar-refractivity contribution in [2.45, 2.75) is 26.4 Å². The normalized spacial score (nSPS) is 12.1. The van der Waals surface area contributed by atoms with Gasteiger partial charge in [0.25, 0.3) is 0 Å². The van der Waals surface area contributed by atoms with Gasteiger partial charge in [-0.15, -0.1) is 0 Å². The second-order valence-corrected chi connectivity index (χ2v) is 4.55. The number of aliphatic carboxylic acids is 1. The van der Waals surface area contributed by atoms with E-state index < -0.39 is 12.0 Å². The van der Waals surface area contributed by atoms with Gasteiger partial charge in [0.1, 0.15) is 6.04 Å². The van der Waals surface area contributed by atoms with Gasteiger partial charge in [-0.25, -0.2) is 4.79 Å². The first-order valence-electron chi connectivity index (χ1n) is 5.23. The summed E-state index contributed by atoms with van der Waals surface area (Å²) < 4.78 is 0. The summed E-state index contributed by atoms with van der Waals surface area (Å²) in [5, 5.41) is 18.3. The predicted molar refractivity (Wildman–Crippen MR) is 66.0 cm³/mol. The van der Waals surface area contributed by atoms with Gasteiger partial charge in [0.05, 0.1) is 0 Å². The van der Waals surface area contributed by atoms with E-state index in [9.17, 15) is 9.59 Å². The molecule has 5 nitrogen and oxygen atoms in total. The number of hydrogen-bond donors (Lipinski definition) is 3. The fourth-order valence-electron chi connectivity index (χ4n) is 1.36. The van der Waals surface area contributed by atoms with Gasteiger partial charge in [0.2, 0.25) is 5.91 Å². The molecule has 0 saturated heterocycles. The van der Waals surface area contributed by atoms with E-state index in [4.69, 9.17) is 5.11 Å². The van der Waals surface area contributed by atoms with Crippen molar-refractivity contribution in [1.29, 1.82) is 0 Å². The molecule has 0 aromatic carbocycles. The fourth-order valence-corrected chi connectivity index (χ4v) is 2.22. The molecule has 0 aliphatic heterocycles. The lowest BCUT2D eigenvalue weighted by Crippen LogP contribution is -2.46. The number of hydrogen-bond acceptors (Lipinski definition) is 4. The molecule has 6 heteroatoms. The summed E-state index contributed by atoms with van der Waals surface area (Å²) in [5.41, 5.74) is 2.34. The van der Waals surface area contributed by atoms with E-state index in [-0.39, 0.29) is 12.5 Å². The first kappa shape index (κ1) is 13.7. The Labute approximate surface area is 104 Å². The average molecular weight is 256 g/mol. The summed E-state index contributed by atoms with van der Waals surface area (Å²) in [6.45, 7) is 4.14. The summed E-state index contributed by atoms with van der Waals surface area (Å²) in [6, 6.07) is -0.883. The number of thiophene rings is 1. The Kier molecular flexibility index (Phi) is 5.11. The summed E-state index contributed by atoms with van der Waals surface area (Å²) in [6.07, 6.45) is 0. The van der Waals surface area contributed by atoms with Crippen molar-refractivity contribution in [3.8, 4) is 0 Å². The minimum atomic E-state index is -1.03. The Hall–Kier alpha value is -1.40. The minimum absolute atomic E-state index is 0.212. The number of amides is 1. The van der Waals surface area contributed by atoms with Crippen LogP contribution in [0.15, 0.2) is 10.8 Å². The SMILES string of the molecule is CC(=O)NC(CNCc1cscc1C)C(=O)O. The Morgan fingerprint density at radius 3 is 2.65 bits per heavy atom. The van der Waals surface area contributed by atoms with Gasteiger partial charge >= 0.3 is 5.97 Å². The second kappa shape index (κ2) is 6.36. The quantitative estimate of drug-likeness (QED) is 0.701. The highest BCUT2D eigenvalue weighted by molar-refractivity contribution is 7.08. The zero-order valence-electron chi connectivity index (χ0n) is 9.82. The Bertz CT molecular complexity index is 403. The molecule has 0 radical (unpaired) electrons. The Balaban J connectivity index is 2.40. The van der Waals surface area contributed by atoms with Crippen LogP contribution in [0.1, 0.15) is 18.1 Å². The molecule has 1 aromatic rings. The van der Waals surface area contributed by atoms with Gasteiger partial charge in [-0.2, -0.15) is 11.3 Å². The van der Waals surface area contributed by atoms with Crippen molar-refractivity contribution in [3.05, 3.63) is 21.9 Å². The average Bonchev–Trinajstić information content (AvgIpc) is 2.62. The van der Waals surface area contributed by atoms with Crippen molar-refractivity contribution < 1.29 is 14.7 Å². The molecule has 0 spiro atoms. The van der Waals surface area contributed by atoms with E-state index in [0.29, 0.717) is 6.54 Å². The molecule has 0 bridgehead atoms. The van der Waals surface area contributed by atoms with Crippen molar-refractivity contribution >= 4 is 23.2 Å².